The maximum Gasteiger partial charge on any atom is 0.325 e. The van der Waals surface area contributed by atoms with Crippen LogP contribution in [0, 0.1) is 5.92 Å². The second kappa shape index (κ2) is 40.7. The Morgan fingerprint density at radius 2 is 1.07 bits per heavy atom. The molecule has 0 bridgehead atoms. The van der Waals surface area contributed by atoms with Crippen molar-refractivity contribution >= 4 is 76.9 Å². The molecule has 1 aliphatic rings. The van der Waals surface area contributed by atoms with Gasteiger partial charge in [0, 0.05) is 59.4 Å². The zero-order valence-corrected chi connectivity index (χ0v) is 48.1. The van der Waals surface area contributed by atoms with Crippen LogP contribution >= 0.6 is 0 Å². The van der Waals surface area contributed by atoms with E-state index in [-0.39, 0.29) is 71.1 Å². The molecule has 1 rings (SSSR count). The highest BCUT2D eigenvalue weighted by molar-refractivity contribution is 5.96. The van der Waals surface area contributed by atoms with Crippen molar-refractivity contribution in [2.45, 2.75) is 161 Å². The molecule has 0 aromatic rings. The monoisotopic (exact) mass is 1190 g/mol. The van der Waals surface area contributed by atoms with Gasteiger partial charge >= 0.3 is 5.97 Å². The van der Waals surface area contributed by atoms with Gasteiger partial charge in [0.2, 0.25) is 70.9 Å². The van der Waals surface area contributed by atoms with Crippen LogP contribution in [0.2, 0.25) is 0 Å². The van der Waals surface area contributed by atoms with Gasteiger partial charge in [0.15, 0.2) is 0 Å². The number of carbonyl (C=O) groups is 13. The number of aliphatic hydroxyl groups is 2. The molecule has 3 unspecified atom stereocenters. The predicted molar refractivity (Wildman–Crippen MR) is 290 cm³/mol. The van der Waals surface area contributed by atoms with Gasteiger partial charge in [-0.1, -0.05) is 52.2 Å². The van der Waals surface area contributed by atoms with Crippen molar-refractivity contribution in [3.05, 3.63) is 12.2 Å². The van der Waals surface area contributed by atoms with Crippen LogP contribution in [-0.4, -0.2) is 226 Å². The fourth-order valence-corrected chi connectivity index (χ4v) is 7.70. The molecule has 1 fully saturated rings. The van der Waals surface area contributed by atoms with Gasteiger partial charge in [0.25, 0.3) is 0 Å². The lowest BCUT2D eigenvalue weighted by Gasteiger charge is -2.27. The summed E-state index contributed by atoms with van der Waals surface area (Å²) < 4.78 is 5.29. The number of rotatable bonds is 23. The first-order valence-corrected chi connectivity index (χ1v) is 27.5. The summed E-state index contributed by atoms with van der Waals surface area (Å²) in [4.78, 5) is 170. The van der Waals surface area contributed by atoms with Crippen LogP contribution < -0.4 is 53.2 Å². The van der Waals surface area contributed by atoms with Gasteiger partial charge in [-0.25, -0.2) is 15.2 Å². The minimum Gasteiger partial charge on any atom is -0.462 e. The van der Waals surface area contributed by atoms with Crippen LogP contribution in [0.3, 0.4) is 0 Å². The first-order chi connectivity index (χ1) is 39.2. The maximum absolute atomic E-state index is 14.0. The van der Waals surface area contributed by atoms with E-state index < -0.39 is 165 Å². The summed E-state index contributed by atoms with van der Waals surface area (Å²) in [5, 5.41) is 75.7. The average molecular weight is 1190 g/mol. The molecule has 15 N–H and O–H groups in total. The van der Waals surface area contributed by atoms with Crippen molar-refractivity contribution in [1.82, 2.24) is 68.4 Å². The quantitative estimate of drug-likeness (QED) is 0.0150. The number of carbonyl (C=O) groups excluding carboxylic acids is 13. The van der Waals surface area contributed by atoms with Crippen molar-refractivity contribution in [1.29, 1.82) is 0 Å². The summed E-state index contributed by atoms with van der Waals surface area (Å²) in [7, 11) is 0. The Balaban J connectivity index is 3.77. The molecule has 470 valence electrons. The number of aliphatic hydroxyl groups excluding tert-OH is 2. The van der Waals surface area contributed by atoms with Crippen molar-refractivity contribution in [3.8, 4) is 0 Å². The Bertz CT molecular complexity index is 2200. The molecule has 1 saturated heterocycles. The molecular weight excluding hydrogens is 1100 g/mol. The number of nitrogens with zero attached hydrogens (tertiary/aromatic N) is 3. The molecule has 0 aromatic carbocycles. The average Bonchev–Trinajstić information content (AvgIpc) is 3.46. The Hall–Kier alpha value is -7.39. The first kappa shape index (κ1) is 73.6. The van der Waals surface area contributed by atoms with E-state index >= 15 is 0 Å². The van der Waals surface area contributed by atoms with E-state index in [0.717, 1.165) is 46.5 Å². The van der Waals surface area contributed by atoms with E-state index in [2.05, 4.69) is 60.1 Å². The van der Waals surface area contributed by atoms with Crippen LogP contribution in [0.15, 0.2) is 12.2 Å². The van der Waals surface area contributed by atoms with Crippen molar-refractivity contribution < 1.29 is 92.9 Å². The fraction of sp³-hybridized carbons (Fsp3) is 0.706. The van der Waals surface area contributed by atoms with E-state index in [1.807, 2.05) is 0 Å². The highest BCUT2D eigenvalue weighted by Gasteiger charge is 2.33. The highest BCUT2D eigenvalue weighted by atomic mass is 16.5. The molecule has 32 nitrogen and oxygen atoms in total. The number of nitrogens with one attached hydrogen (secondary N) is 10. The number of hydrogen-bond donors (Lipinski definition) is 15. The molecular formula is C51H87N13O19. The van der Waals surface area contributed by atoms with Crippen LogP contribution in [0.4, 0.5) is 0 Å². The number of hydroxylamine groups is 6. The van der Waals surface area contributed by atoms with Gasteiger partial charge in [-0.05, 0) is 57.3 Å². The predicted octanol–water partition coefficient (Wildman–Crippen LogP) is -4.63. The fourth-order valence-electron chi connectivity index (χ4n) is 7.70. The van der Waals surface area contributed by atoms with Gasteiger partial charge in [0.05, 0.1) is 26.3 Å². The summed E-state index contributed by atoms with van der Waals surface area (Å²) in [5.41, 5.74) is 0. The standard InChI is InChI=1S/C51H87N13O19/c1-7-8-9-10-11-12-13-20-41(70)58-40-30-83-44(73)27-55-46(74)36(18-15-22-63(81)33(5)68)57-42(71)25-54-48(76)38(28-65)52-24-35(17-14-21-62(80)32(4)67)56-49(77)39(29-66)60-51(79)45(31(2)3)61-43(72)26-53-47(75)37(59-50(40)78)19-16-23-64(82)34(6)69/h12-13,31,35-40,45,52,65-66,80-82H,7-11,14-30H2,1-6H3,(H,53,75)(H,54,76)(H,55,74)(H,56,77)(H,57,71)(H,58,70)(H,59,78)(H,60,79)(H,61,72)/b13-12-/t35?,36?,37?,38-,39-,40-,45+/m0/s1. The minimum atomic E-state index is -1.72. The molecule has 83 heavy (non-hydrogen) atoms. The lowest BCUT2D eigenvalue weighted by Crippen LogP contribution is -2.59. The normalized spacial score (nSPS) is 22.0. The largest absolute Gasteiger partial charge is 0.462 e. The number of amides is 12. The third-order valence-corrected chi connectivity index (χ3v) is 12.6. The van der Waals surface area contributed by atoms with E-state index in [1.54, 1.807) is 12.2 Å². The van der Waals surface area contributed by atoms with E-state index in [9.17, 15) is 88.2 Å². The molecule has 0 radical (unpaired) electrons. The molecule has 0 aliphatic carbocycles. The summed E-state index contributed by atoms with van der Waals surface area (Å²) in [6.45, 7) is 1.92. The second-order valence-electron chi connectivity index (χ2n) is 19.9. The highest BCUT2D eigenvalue weighted by Crippen LogP contribution is 2.08. The Labute approximate surface area is 481 Å². The van der Waals surface area contributed by atoms with Gasteiger partial charge in [-0.2, -0.15) is 0 Å². The molecule has 0 aromatic heterocycles. The second-order valence-corrected chi connectivity index (χ2v) is 19.9. The van der Waals surface area contributed by atoms with Crippen molar-refractivity contribution in [2.75, 3.05) is 65.6 Å². The smallest absolute Gasteiger partial charge is 0.325 e. The number of cyclic esters (lactones) is 1. The number of allylic oxidation sites excluding steroid dienone is 1. The minimum absolute atomic E-state index is 0.0213. The van der Waals surface area contributed by atoms with E-state index in [4.69, 9.17) is 4.74 Å². The summed E-state index contributed by atoms with van der Waals surface area (Å²) >= 11 is 0. The van der Waals surface area contributed by atoms with Crippen molar-refractivity contribution in [2.24, 2.45) is 5.92 Å². The van der Waals surface area contributed by atoms with E-state index in [0.29, 0.717) is 21.6 Å². The lowest BCUT2D eigenvalue weighted by molar-refractivity contribution is -0.163. The molecule has 12 amide bonds. The Kier molecular flexibility index (Phi) is 36.1. The summed E-state index contributed by atoms with van der Waals surface area (Å²) in [6, 6.07) is -10.3. The Morgan fingerprint density at radius 1 is 0.578 bits per heavy atom. The van der Waals surface area contributed by atoms with Gasteiger partial charge < -0.3 is 68.1 Å². The van der Waals surface area contributed by atoms with Crippen LogP contribution in [0.5, 0.6) is 0 Å². The molecule has 1 aliphatic heterocycles. The van der Waals surface area contributed by atoms with Crippen LogP contribution in [-0.2, 0) is 67.1 Å². The molecule has 32 heteroatoms. The lowest BCUT2D eigenvalue weighted by atomic mass is 10.0. The number of esters is 1. The molecule has 0 spiro atoms. The van der Waals surface area contributed by atoms with Crippen LogP contribution in [0.1, 0.15) is 119 Å². The summed E-state index contributed by atoms with van der Waals surface area (Å²) in [6.07, 6.45) is 6.89. The molecule has 7 atom stereocenters. The topological polar surface area (TPSA) is 462 Å². The number of hydrogen-bond acceptors (Lipinski definition) is 20. The van der Waals surface area contributed by atoms with E-state index in [1.165, 1.54) is 13.8 Å². The third kappa shape index (κ3) is 31.0. The van der Waals surface area contributed by atoms with Crippen LogP contribution in [0.25, 0.3) is 0 Å². The number of unbranched alkanes of at least 4 members (excludes halogenated alkanes) is 4. The zero-order chi connectivity index (χ0) is 62.6. The first-order valence-electron chi connectivity index (χ1n) is 27.5. The Morgan fingerprint density at radius 3 is 1.59 bits per heavy atom. The summed E-state index contributed by atoms with van der Waals surface area (Å²) in [5.74, 6) is -12.7. The maximum atomic E-state index is 14.0. The van der Waals surface area contributed by atoms with Gasteiger partial charge in [0.1, 0.15) is 49.4 Å². The van der Waals surface area contributed by atoms with Gasteiger partial charge in [-0.3, -0.25) is 78.0 Å². The third-order valence-electron chi connectivity index (χ3n) is 12.6. The molecule has 1 heterocycles. The molecule has 0 saturated carbocycles. The van der Waals surface area contributed by atoms with Gasteiger partial charge in [-0.15, -0.1) is 0 Å². The number of ether oxygens (including phenoxy) is 1. The SMILES string of the molecule is CCCCCC/C=C\CC(=O)N[C@H]1COC(=O)CNC(=O)C(CCCN(O)C(C)=O)NC(=O)CNC(=O)[C@H](CO)NCC(CCCN(O)C(C)=O)NC(=O)[C@H](CO)NC(=O)[C@@H](C(C)C)NC(=O)CNC(=O)C(CCCN(O)C(C)=O)NC1=O. The zero-order valence-electron chi connectivity index (χ0n) is 48.1. The van der Waals surface area contributed by atoms with Crippen molar-refractivity contribution in [3.63, 3.8) is 0 Å².